The van der Waals surface area contributed by atoms with Crippen molar-refractivity contribution in [3.8, 4) is 16.9 Å². The van der Waals surface area contributed by atoms with Crippen LogP contribution in [0.25, 0.3) is 11.1 Å². The summed E-state index contributed by atoms with van der Waals surface area (Å²) in [5.41, 5.74) is 8.14. The lowest BCUT2D eigenvalue weighted by Crippen LogP contribution is -2.32. The third-order valence-corrected chi connectivity index (χ3v) is 2.93. The molecule has 0 amide bonds. The van der Waals surface area contributed by atoms with Gasteiger partial charge >= 0.3 is 5.97 Å². The number of nitrogens with two attached hydrogens (primary N) is 1. The Bertz CT molecular complexity index is 581. The maximum atomic E-state index is 10.8. The average molecular weight is 257 g/mol. The molecule has 0 unspecified atom stereocenters. The predicted molar refractivity (Wildman–Crippen MR) is 72.9 cm³/mol. The van der Waals surface area contributed by atoms with Crippen molar-refractivity contribution >= 4 is 5.97 Å². The Balaban J connectivity index is 2.41. The van der Waals surface area contributed by atoms with E-state index >= 15 is 0 Å². The van der Waals surface area contributed by atoms with Crippen LogP contribution in [0.4, 0.5) is 0 Å². The van der Waals surface area contributed by atoms with E-state index in [1.165, 1.54) is 0 Å². The van der Waals surface area contributed by atoms with Crippen LogP contribution in [-0.4, -0.2) is 22.2 Å². The number of phenols is 1. The second-order valence-electron chi connectivity index (χ2n) is 4.36. The third kappa shape index (κ3) is 3.11. The van der Waals surface area contributed by atoms with Gasteiger partial charge in [-0.2, -0.15) is 0 Å². The largest absolute Gasteiger partial charge is 0.508 e. The summed E-state index contributed by atoms with van der Waals surface area (Å²) in [6, 6.07) is 13.5. The molecule has 2 rings (SSSR count). The molecule has 2 aromatic rings. The van der Waals surface area contributed by atoms with Crippen LogP contribution in [0.1, 0.15) is 5.56 Å². The highest BCUT2D eigenvalue weighted by atomic mass is 16.4. The first-order valence-corrected chi connectivity index (χ1v) is 5.93. The van der Waals surface area contributed by atoms with Crippen molar-refractivity contribution in [2.24, 2.45) is 5.73 Å². The molecule has 2 aromatic carbocycles. The van der Waals surface area contributed by atoms with Crippen LogP contribution in [0.15, 0.2) is 48.5 Å². The Morgan fingerprint density at radius 3 is 2.47 bits per heavy atom. The van der Waals surface area contributed by atoms with E-state index in [9.17, 15) is 9.90 Å². The van der Waals surface area contributed by atoms with Crippen LogP contribution in [0, 0.1) is 0 Å². The fourth-order valence-electron chi connectivity index (χ4n) is 1.97. The Hall–Kier alpha value is -2.33. The summed E-state index contributed by atoms with van der Waals surface area (Å²) in [5, 5.41) is 18.4. The number of aliphatic carboxylic acids is 1. The Morgan fingerprint density at radius 2 is 1.84 bits per heavy atom. The highest BCUT2D eigenvalue weighted by molar-refractivity contribution is 5.75. The summed E-state index contributed by atoms with van der Waals surface area (Å²) in [4.78, 5) is 10.8. The Morgan fingerprint density at radius 1 is 1.16 bits per heavy atom. The molecular formula is C15H15NO3. The van der Waals surface area contributed by atoms with Crippen LogP contribution in [0.5, 0.6) is 5.75 Å². The lowest BCUT2D eigenvalue weighted by atomic mass is 9.95. The maximum Gasteiger partial charge on any atom is 0.320 e. The quantitative estimate of drug-likeness (QED) is 0.782. The molecule has 0 saturated carbocycles. The number of carboxylic acids is 1. The third-order valence-electron chi connectivity index (χ3n) is 2.93. The number of rotatable bonds is 4. The zero-order valence-corrected chi connectivity index (χ0v) is 10.3. The Kier molecular flexibility index (Phi) is 3.82. The first-order chi connectivity index (χ1) is 9.08. The number of hydrogen-bond acceptors (Lipinski definition) is 3. The molecule has 98 valence electrons. The van der Waals surface area contributed by atoms with Gasteiger partial charge in [-0.3, -0.25) is 4.79 Å². The molecule has 0 aliphatic heterocycles. The van der Waals surface area contributed by atoms with Crippen molar-refractivity contribution in [2.45, 2.75) is 12.5 Å². The molecule has 0 aliphatic rings. The van der Waals surface area contributed by atoms with Gasteiger partial charge in [0.2, 0.25) is 0 Å². The zero-order chi connectivity index (χ0) is 13.8. The molecule has 0 bridgehead atoms. The molecular weight excluding hydrogens is 242 g/mol. The van der Waals surface area contributed by atoms with Gasteiger partial charge in [0.25, 0.3) is 0 Å². The second-order valence-corrected chi connectivity index (χ2v) is 4.36. The van der Waals surface area contributed by atoms with E-state index in [-0.39, 0.29) is 12.2 Å². The summed E-state index contributed by atoms with van der Waals surface area (Å²) in [5.74, 6) is -0.949. The van der Waals surface area contributed by atoms with Crippen LogP contribution in [0.2, 0.25) is 0 Å². The number of carboxylic acid groups (broad SMARTS) is 1. The number of benzene rings is 2. The summed E-state index contributed by atoms with van der Waals surface area (Å²) < 4.78 is 0. The van der Waals surface area contributed by atoms with Crippen LogP contribution in [0.3, 0.4) is 0 Å². The van der Waals surface area contributed by atoms with Crippen molar-refractivity contribution < 1.29 is 15.0 Å². The molecule has 4 N–H and O–H groups in total. The van der Waals surface area contributed by atoms with Gasteiger partial charge in [-0.15, -0.1) is 0 Å². The SMILES string of the molecule is N[C@@H](Cc1cc(O)ccc1-c1ccccc1)C(=O)O. The topological polar surface area (TPSA) is 83.5 Å². The lowest BCUT2D eigenvalue weighted by molar-refractivity contribution is -0.138. The van der Waals surface area contributed by atoms with Crippen molar-refractivity contribution in [3.05, 3.63) is 54.1 Å². The van der Waals surface area contributed by atoms with E-state index in [0.717, 1.165) is 16.7 Å². The van der Waals surface area contributed by atoms with Gasteiger partial charge in [-0.25, -0.2) is 0 Å². The van der Waals surface area contributed by atoms with Gasteiger partial charge < -0.3 is 15.9 Å². The van der Waals surface area contributed by atoms with Crippen LogP contribution in [-0.2, 0) is 11.2 Å². The van der Waals surface area contributed by atoms with Crippen molar-refractivity contribution in [1.29, 1.82) is 0 Å². The maximum absolute atomic E-state index is 10.8. The highest BCUT2D eigenvalue weighted by Gasteiger charge is 2.15. The zero-order valence-electron chi connectivity index (χ0n) is 10.3. The standard InChI is InChI=1S/C15H15NO3/c16-14(15(18)19)9-11-8-12(17)6-7-13(11)10-4-2-1-3-5-10/h1-8,14,17H,9,16H2,(H,18,19)/t14-/m0/s1. The monoisotopic (exact) mass is 257 g/mol. The van der Waals surface area contributed by atoms with Gasteiger partial charge in [0, 0.05) is 0 Å². The van der Waals surface area contributed by atoms with Gasteiger partial charge in [-0.05, 0) is 35.2 Å². The molecule has 0 aromatic heterocycles. The predicted octanol–water partition coefficient (Wildman–Crippen LogP) is 2.01. The molecule has 19 heavy (non-hydrogen) atoms. The normalized spacial score (nSPS) is 12.1. The second kappa shape index (κ2) is 5.54. The number of carbonyl (C=O) groups is 1. The Labute approximate surface area is 111 Å². The van der Waals surface area contributed by atoms with E-state index in [1.807, 2.05) is 30.3 Å². The van der Waals surface area contributed by atoms with Gasteiger partial charge in [0.05, 0.1) is 0 Å². The van der Waals surface area contributed by atoms with E-state index in [4.69, 9.17) is 10.8 Å². The van der Waals surface area contributed by atoms with Crippen molar-refractivity contribution in [2.75, 3.05) is 0 Å². The highest BCUT2D eigenvalue weighted by Crippen LogP contribution is 2.27. The molecule has 4 heteroatoms. The average Bonchev–Trinajstić information content (AvgIpc) is 2.39. The molecule has 0 spiro atoms. The molecule has 0 fully saturated rings. The van der Waals surface area contributed by atoms with Crippen molar-refractivity contribution in [3.63, 3.8) is 0 Å². The molecule has 4 nitrogen and oxygen atoms in total. The van der Waals surface area contributed by atoms with E-state index in [2.05, 4.69) is 0 Å². The number of aromatic hydroxyl groups is 1. The minimum atomic E-state index is -1.05. The van der Waals surface area contributed by atoms with E-state index in [0.29, 0.717) is 0 Å². The fourth-order valence-corrected chi connectivity index (χ4v) is 1.97. The minimum Gasteiger partial charge on any atom is -0.508 e. The smallest absolute Gasteiger partial charge is 0.320 e. The van der Waals surface area contributed by atoms with E-state index in [1.54, 1.807) is 18.2 Å². The molecule has 0 saturated heterocycles. The van der Waals surface area contributed by atoms with E-state index < -0.39 is 12.0 Å². The molecule has 0 aliphatic carbocycles. The first kappa shape index (κ1) is 13.1. The summed E-state index contributed by atoms with van der Waals surface area (Å²) in [7, 11) is 0. The van der Waals surface area contributed by atoms with Crippen LogP contribution < -0.4 is 5.73 Å². The molecule has 0 radical (unpaired) electrons. The van der Waals surface area contributed by atoms with Gasteiger partial charge in [0.15, 0.2) is 0 Å². The minimum absolute atomic E-state index is 0.104. The molecule has 0 heterocycles. The lowest BCUT2D eigenvalue weighted by Gasteiger charge is -2.12. The van der Waals surface area contributed by atoms with Crippen molar-refractivity contribution in [1.82, 2.24) is 0 Å². The number of phenolic OH excluding ortho intramolecular Hbond substituents is 1. The molecule has 1 atom stereocenters. The summed E-state index contributed by atoms with van der Waals surface area (Å²) in [6.07, 6.45) is 0.175. The van der Waals surface area contributed by atoms with Crippen LogP contribution >= 0.6 is 0 Å². The first-order valence-electron chi connectivity index (χ1n) is 5.93. The summed E-state index contributed by atoms with van der Waals surface area (Å²) in [6.45, 7) is 0. The van der Waals surface area contributed by atoms with Gasteiger partial charge in [0.1, 0.15) is 11.8 Å². The van der Waals surface area contributed by atoms with Gasteiger partial charge in [-0.1, -0.05) is 36.4 Å². The fraction of sp³-hybridized carbons (Fsp3) is 0.133. The number of hydrogen-bond donors (Lipinski definition) is 3. The summed E-state index contributed by atoms with van der Waals surface area (Å²) >= 11 is 0.